The van der Waals surface area contributed by atoms with Crippen molar-refractivity contribution in [2.75, 3.05) is 32.9 Å². The Morgan fingerprint density at radius 1 is 1.08 bits per heavy atom. The maximum atomic E-state index is 5.62. The molecule has 1 atom stereocenters. The normalized spacial score (nSPS) is 17.1. The quantitative estimate of drug-likeness (QED) is 0.491. The highest BCUT2D eigenvalue weighted by molar-refractivity contribution is 5.34. The van der Waals surface area contributed by atoms with Crippen molar-refractivity contribution in [2.45, 2.75) is 65.2 Å². The number of rotatable bonds is 13. The van der Waals surface area contributed by atoms with Crippen LogP contribution in [0.1, 0.15) is 65.4 Å². The highest BCUT2D eigenvalue weighted by atomic mass is 16.5. The summed E-state index contributed by atoms with van der Waals surface area (Å²) >= 11 is 0. The number of hydrogen-bond acceptors (Lipinski definition) is 3. The zero-order chi connectivity index (χ0) is 18.8. The van der Waals surface area contributed by atoms with Crippen LogP contribution in [-0.4, -0.2) is 32.9 Å². The summed E-state index contributed by atoms with van der Waals surface area (Å²) in [6.45, 7) is 13.3. The Morgan fingerprint density at radius 3 is 2.38 bits per heavy atom. The van der Waals surface area contributed by atoms with E-state index < -0.39 is 0 Å². The maximum absolute atomic E-state index is 5.62. The second-order valence-electron chi connectivity index (χ2n) is 8.41. The topological polar surface area (TPSA) is 30.5 Å². The van der Waals surface area contributed by atoms with Crippen LogP contribution in [0, 0.1) is 11.8 Å². The van der Waals surface area contributed by atoms with E-state index in [0.717, 1.165) is 44.6 Å². The Labute approximate surface area is 160 Å². The van der Waals surface area contributed by atoms with E-state index in [0.29, 0.717) is 11.3 Å². The van der Waals surface area contributed by atoms with E-state index in [1.165, 1.54) is 37.7 Å². The van der Waals surface area contributed by atoms with E-state index in [9.17, 15) is 0 Å². The summed E-state index contributed by atoms with van der Waals surface area (Å²) < 4.78 is 11.2. The highest BCUT2D eigenvalue weighted by Crippen LogP contribution is 2.48. The Morgan fingerprint density at radius 2 is 1.81 bits per heavy atom. The van der Waals surface area contributed by atoms with Crippen LogP contribution in [0.4, 0.5) is 0 Å². The third-order valence-corrected chi connectivity index (χ3v) is 5.52. The molecule has 2 rings (SSSR count). The van der Waals surface area contributed by atoms with Crippen LogP contribution in [0.3, 0.4) is 0 Å². The van der Waals surface area contributed by atoms with Crippen LogP contribution in [0.15, 0.2) is 24.3 Å². The lowest BCUT2D eigenvalue weighted by Crippen LogP contribution is -2.36. The Bertz CT molecular complexity index is 493. The van der Waals surface area contributed by atoms with Gasteiger partial charge in [-0.05, 0) is 74.1 Å². The van der Waals surface area contributed by atoms with Gasteiger partial charge in [-0.3, -0.25) is 0 Å². The van der Waals surface area contributed by atoms with Gasteiger partial charge in [0.2, 0.25) is 0 Å². The molecule has 1 N–H and O–H groups in total. The van der Waals surface area contributed by atoms with Gasteiger partial charge in [-0.15, -0.1) is 0 Å². The van der Waals surface area contributed by atoms with Gasteiger partial charge in [0.1, 0.15) is 5.75 Å². The van der Waals surface area contributed by atoms with Crippen LogP contribution in [0.2, 0.25) is 0 Å². The van der Waals surface area contributed by atoms with E-state index >= 15 is 0 Å². The van der Waals surface area contributed by atoms with E-state index in [1.54, 1.807) is 0 Å². The summed E-state index contributed by atoms with van der Waals surface area (Å²) in [5.41, 5.74) is 1.92. The molecule has 1 aromatic rings. The molecule has 1 aliphatic rings. The molecule has 0 bridgehead atoms. The van der Waals surface area contributed by atoms with Crippen LogP contribution in [0.25, 0.3) is 0 Å². The first-order chi connectivity index (χ1) is 12.6. The number of benzene rings is 1. The van der Waals surface area contributed by atoms with Crippen molar-refractivity contribution in [2.24, 2.45) is 11.8 Å². The summed E-state index contributed by atoms with van der Waals surface area (Å²) in [7, 11) is 0. The van der Waals surface area contributed by atoms with E-state index in [1.807, 2.05) is 6.92 Å². The third kappa shape index (κ3) is 6.59. The van der Waals surface area contributed by atoms with Crippen molar-refractivity contribution in [1.29, 1.82) is 0 Å². The first-order valence-corrected chi connectivity index (χ1v) is 10.6. The van der Waals surface area contributed by atoms with Crippen LogP contribution >= 0.6 is 0 Å². The monoisotopic (exact) mass is 361 g/mol. The fourth-order valence-electron chi connectivity index (χ4n) is 3.99. The molecule has 3 heteroatoms. The summed E-state index contributed by atoms with van der Waals surface area (Å²) in [4.78, 5) is 0. The van der Waals surface area contributed by atoms with Crippen molar-refractivity contribution in [1.82, 2.24) is 5.32 Å². The molecule has 3 nitrogen and oxygen atoms in total. The molecular formula is C23H39NO2. The van der Waals surface area contributed by atoms with Gasteiger partial charge >= 0.3 is 0 Å². The summed E-state index contributed by atoms with van der Waals surface area (Å²) in [6, 6.07) is 8.87. The van der Waals surface area contributed by atoms with Gasteiger partial charge in [-0.2, -0.15) is 0 Å². The molecular weight excluding hydrogens is 322 g/mol. The highest BCUT2D eigenvalue weighted by Gasteiger charge is 2.39. The zero-order valence-electron chi connectivity index (χ0n) is 17.4. The van der Waals surface area contributed by atoms with Gasteiger partial charge in [-0.25, -0.2) is 0 Å². The van der Waals surface area contributed by atoms with Crippen molar-refractivity contribution in [3.05, 3.63) is 29.8 Å². The molecule has 1 saturated carbocycles. The van der Waals surface area contributed by atoms with Crippen molar-refractivity contribution < 1.29 is 9.47 Å². The second-order valence-corrected chi connectivity index (χ2v) is 8.41. The van der Waals surface area contributed by atoms with Gasteiger partial charge in [0.15, 0.2) is 0 Å². The van der Waals surface area contributed by atoms with Crippen molar-refractivity contribution >= 4 is 0 Å². The van der Waals surface area contributed by atoms with Crippen molar-refractivity contribution in [3.63, 3.8) is 0 Å². The van der Waals surface area contributed by atoms with Gasteiger partial charge < -0.3 is 14.8 Å². The van der Waals surface area contributed by atoms with E-state index in [2.05, 4.69) is 50.4 Å². The lowest BCUT2D eigenvalue weighted by molar-refractivity contribution is 0.111. The molecule has 0 aromatic heterocycles. The minimum Gasteiger partial charge on any atom is -0.494 e. The third-order valence-electron chi connectivity index (χ3n) is 5.52. The predicted octanol–water partition coefficient (Wildman–Crippen LogP) is 5.19. The number of hydrogen-bond donors (Lipinski definition) is 1. The molecule has 0 aliphatic heterocycles. The standard InChI is InChI=1S/C23H39NO2/c1-5-26-22-9-7-21(8-10-22)23(12-6-13-23)17-20(4)11-14-24-15-16-25-18-19(2)3/h7-10,19-20,24H,5-6,11-18H2,1-4H3. The molecule has 1 aromatic carbocycles. The molecule has 1 unspecified atom stereocenters. The first-order valence-electron chi connectivity index (χ1n) is 10.6. The summed E-state index contributed by atoms with van der Waals surface area (Å²) in [6.07, 6.45) is 6.57. The molecule has 0 radical (unpaired) electrons. The fraction of sp³-hybridized carbons (Fsp3) is 0.739. The summed E-state index contributed by atoms with van der Waals surface area (Å²) in [5.74, 6) is 2.35. The Balaban J connectivity index is 1.71. The van der Waals surface area contributed by atoms with Gasteiger partial charge in [0, 0.05) is 13.2 Å². The Hall–Kier alpha value is -1.06. The molecule has 0 heterocycles. The molecule has 0 amide bonds. The molecule has 1 fully saturated rings. The molecule has 26 heavy (non-hydrogen) atoms. The summed E-state index contributed by atoms with van der Waals surface area (Å²) in [5, 5.41) is 3.53. The average molecular weight is 362 g/mol. The maximum Gasteiger partial charge on any atom is 0.119 e. The van der Waals surface area contributed by atoms with Crippen LogP contribution in [0.5, 0.6) is 5.75 Å². The molecule has 148 valence electrons. The van der Waals surface area contributed by atoms with E-state index in [4.69, 9.17) is 9.47 Å². The predicted molar refractivity (Wildman–Crippen MR) is 110 cm³/mol. The van der Waals surface area contributed by atoms with Gasteiger partial charge in [0.05, 0.1) is 13.2 Å². The second kappa shape index (κ2) is 10.9. The number of nitrogens with one attached hydrogen (secondary N) is 1. The van der Waals surface area contributed by atoms with Gasteiger partial charge in [-0.1, -0.05) is 39.3 Å². The number of ether oxygens (including phenoxy) is 2. The minimum absolute atomic E-state index is 0.407. The average Bonchev–Trinajstić information content (AvgIpc) is 2.58. The van der Waals surface area contributed by atoms with E-state index in [-0.39, 0.29) is 0 Å². The fourth-order valence-corrected chi connectivity index (χ4v) is 3.99. The molecule has 1 aliphatic carbocycles. The lowest BCUT2D eigenvalue weighted by atomic mass is 9.60. The minimum atomic E-state index is 0.407. The van der Waals surface area contributed by atoms with Gasteiger partial charge in [0.25, 0.3) is 0 Å². The van der Waals surface area contributed by atoms with Crippen LogP contribution in [-0.2, 0) is 10.2 Å². The molecule has 0 spiro atoms. The largest absolute Gasteiger partial charge is 0.494 e. The van der Waals surface area contributed by atoms with Crippen molar-refractivity contribution in [3.8, 4) is 5.75 Å². The van der Waals surface area contributed by atoms with Crippen LogP contribution < -0.4 is 10.1 Å². The Kier molecular flexibility index (Phi) is 8.94. The lowest BCUT2D eigenvalue weighted by Gasteiger charge is -2.44. The first kappa shape index (κ1) is 21.2. The smallest absolute Gasteiger partial charge is 0.119 e. The SMILES string of the molecule is CCOc1ccc(C2(CC(C)CCNCCOCC(C)C)CCC2)cc1. The zero-order valence-corrected chi connectivity index (χ0v) is 17.4. The molecule has 0 saturated heterocycles.